The van der Waals surface area contributed by atoms with Crippen LogP contribution in [0.5, 0.6) is 0 Å². The highest BCUT2D eigenvalue weighted by Crippen LogP contribution is 2.41. The van der Waals surface area contributed by atoms with E-state index < -0.39 is 0 Å². The molecule has 1 unspecified atom stereocenters. The Morgan fingerprint density at radius 2 is 2.04 bits per heavy atom. The fraction of sp³-hybridized carbons (Fsp3) is 0.421. The van der Waals surface area contributed by atoms with Crippen LogP contribution >= 0.6 is 11.8 Å². The Hall–Kier alpha value is -1.86. The average Bonchev–Trinajstić information content (AvgIpc) is 2.55. The molecule has 0 spiro atoms. The number of allylic oxidation sites excluding steroid dienone is 2. The van der Waals surface area contributed by atoms with Crippen molar-refractivity contribution < 1.29 is 4.79 Å². The van der Waals surface area contributed by atoms with Crippen LogP contribution < -0.4 is 0 Å². The van der Waals surface area contributed by atoms with E-state index in [2.05, 4.69) is 18.0 Å². The minimum atomic E-state index is -0.387. The third-order valence-electron chi connectivity index (χ3n) is 4.00. The molecule has 0 saturated carbocycles. The molecule has 0 aromatic heterocycles. The molecule has 0 amide bonds. The molecule has 0 N–H and O–H groups in total. The van der Waals surface area contributed by atoms with Crippen molar-refractivity contribution in [2.45, 2.75) is 39.5 Å². The van der Waals surface area contributed by atoms with Gasteiger partial charge in [0.2, 0.25) is 0 Å². The quantitative estimate of drug-likeness (QED) is 0.736. The lowest BCUT2D eigenvalue weighted by atomic mass is 9.78. The SMILES string of the molecule is CCCCSC1=NC(C)=C(C(C)=O)[C@H](c2ccccc2)C1C#N. The van der Waals surface area contributed by atoms with Crippen LogP contribution in [0.4, 0.5) is 0 Å². The summed E-state index contributed by atoms with van der Waals surface area (Å²) in [5.41, 5.74) is 2.42. The van der Waals surface area contributed by atoms with E-state index in [4.69, 9.17) is 0 Å². The molecule has 2 rings (SSSR count). The number of nitrogens with zero attached hydrogens (tertiary/aromatic N) is 2. The smallest absolute Gasteiger partial charge is 0.158 e. The normalized spacial score (nSPS) is 20.9. The molecule has 1 aliphatic heterocycles. The molecule has 23 heavy (non-hydrogen) atoms. The van der Waals surface area contributed by atoms with Crippen molar-refractivity contribution in [3.8, 4) is 6.07 Å². The number of thioether (sulfide) groups is 1. The second-order valence-corrected chi connectivity index (χ2v) is 6.82. The van der Waals surface area contributed by atoms with E-state index in [1.165, 1.54) is 0 Å². The van der Waals surface area contributed by atoms with Crippen molar-refractivity contribution in [2.75, 3.05) is 5.75 Å². The van der Waals surface area contributed by atoms with Gasteiger partial charge >= 0.3 is 0 Å². The lowest BCUT2D eigenvalue weighted by Crippen LogP contribution is -2.28. The van der Waals surface area contributed by atoms with Crippen molar-refractivity contribution >= 4 is 22.6 Å². The van der Waals surface area contributed by atoms with Crippen molar-refractivity contribution in [1.82, 2.24) is 0 Å². The fourth-order valence-electron chi connectivity index (χ4n) is 2.90. The van der Waals surface area contributed by atoms with Crippen LogP contribution in [0.3, 0.4) is 0 Å². The van der Waals surface area contributed by atoms with Gasteiger partial charge in [0, 0.05) is 17.2 Å². The van der Waals surface area contributed by atoms with E-state index in [0.29, 0.717) is 5.57 Å². The van der Waals surface area contributed by atoms with Crippen LogP contribution in [-0.2, 0) is 4.79 Å². The molecule has 1 aromatic rings. The van der Waals surface area contributed by atoms with E-state index in [1.807, 2.05) is 37.3 Å². The molecule has 0 radical (unpaired) electrons. The first-order valence-corrected chi connectivity index (χ1v) is 8.96. The topological polar surface area (TPSA) is 53.2 Å². The van der Waals surface area contributed by atoms with Crippen molar-refractivity contribution in [3.05, 3.63) is 47.2 Å². The number of carbonyl (C=O) groups is 1. The van der Waals surface area contributed by atoms with Gasteiger partial charge in [0.15, 0.2) is 5.78 Å². The first-order valence-electron chi connectivity index (χ1n) is 7.97. The van der Waals surface area contributed by atoms with E-state index in [1.54, 1.807) is 18.7 Å². The monoisotopic (exact) mass is 326 g/mol. The summed E-state index contributed by atoms with van der Waals surface area (Å²) in [6.45, 7) is 5.59. The molecule has 2 atom stereocenters. The Bertz CT molecular complexity index is 670. The minimum Gasteiger partial charge on any atom is -0.295 e. The third-order valence-corrected chi connectivity index (χ3v) is 5.14. The van der Waals surface area contributed by atoms with Gasteiger partial charge in [-0.2, -0.15) is 5.26 Å². The molecule has 1 aliphatic rings. The van der Waals surface area contributed by atoms with Gasteiger partial charge < -0.3 is 0 Å². The summed E-state index contributed by atoms with van der Waals surface area (Å²) in [7, 11) is 0. The Morgan fingerprint density at radius 3 is 2.61 bits per heavy atom. The predicted octanol–water partition coefficient (Wildman–Crippen LogP) is 4.72. The van der Waals surface area contributed by atoms with E-state index >= 15 is 0 Å². The van der Waals surface area contributed by atoms with Gasteiger partial charge in [-0.1, -0.05) is 43.7 Å². The molecule has 0 aliphatic carbocycles. The number of unbranched alkanes of at least 4 members (excludes halogenated alkanes) is 1. The molecule has 0 bridgehead atoms. The second-order valence-electron chi connectivity index (χ2n) is 5.70. The molecule has 0 saturated heterocycles. The Labute approximate surface area is 142 Å². The summed E-state index contributed by atoms with van der Waals surface area (Å²) < 4.78 is 0. The Morgan fingerprint density at radius 1 is 1.35 bits per heavy atom. The highest BCUT2D eigenvalue weighted by atomic mass is 32.2. The summed E-state index contributed by atoms with van der Waals surface area (Å²) in [6, 6.07) is 12.2. The molecule has 1 aromatic carbocycles. The molecule has 1 heterocycles. The third kappa shape index (κ3) is 3.92. The van der Waals surface area contributed by atoms with Gasteiger partial charge in [0.05, 0.1) is 11.1 Å². The maximum atomic E-state index is 12.2. The fourth-order valence-corrected chi connectivity index (χ4v) is 4.11. The Balaban J connectivity index is 2.47. The molecule has 0 fully saturated rings. The zero-order valence-electron chi connectivity index (χ0n) is 13.9. The first-order chi connectivity index (χ1) is 11.1. The lowest BCUT2D eigenvalue weighted by Gasteiger charge is -2.29. The number of rotatable bonds is 5. The van der Waals surface area contributed by atoms with E-state index in [9.17, 15) is 10.1 Å². The van der Waals surface area contributed by atoms with Gasteiger partial charge in [-0.3, -0.25) is 4.79 Å². The number of Topliss-reactive ketones (excluding diaryl/α,β-unsaturated/α-hetero) is 1. The molecule has 120 valence electrons. The van der Waals surface area contributed by atoms with Gasteiger partial charge in [0.1, 0.15) is 5.92 Å². The number of hydrogen-bond acceptors (Lipinski definition) is 4. The Kier molecular flexibility index (Phi) is 6.18. The summed E-state index contributed by atoms with van der Waals surface area (Å²) in [6.07, 6.45) is 2.22. The van der Waals surface area contributed by atoms with Crippen molar-refractivity contribution in [3.63, 3.8) is 0 Å². The summed E-state index contributed by atoms with van der Waals surface area (Å²) in [5.74, 6) is 0.345. The zero-order valence-corrected chi connectivity index (χ0v) is 14.7. The van der Waals surface area contributed by atoms with Gasteiger partial charge in [0.25, 0.3) is 0 Å². The maximum Gasteiger partial charge on any atom is 0.158 e. The minimum absolute atomic E-state index is 0.00189. The summed E-state index contributed by atoms with van der Waals surface area (Å²) >= 11 is 1.65. The lowest BCUT2D eigenvalue weighted by molar-refractivity contribution is -0.114. The van der Waals surface area contributed by atoms with Crippen LogP contribution in [0.1, 0.15) is 45.1 Å². The van der Waals surface area contributed by atoms with Crippen molar-refractivity contribution in [1.29, 1.82) is 5.26 Å². The standard InChI is InChI=1S/C19H22N2OS/c1-4-5-11-23-19-16(12-20)18(15-9-7-6-8-10-15)17(14(3)22)13(2)21-19/h6-10,16,18H,4-5,11H2,1-3H3/t16?,18-/m1/s1. The highest BCUT2D eigenvalue weighted by molar-refractivity contribution is 8.14. The second kappa shape index (κ2) is 8.12. The highest BCUT2D eigenvalue weighted by Gasteiger charge is 2.37. The van der Waals surface area contributed by atoms with E-state index in [-0.39, 0.29) is 17.6 Å². The first kappa shape index (κ1) is 17.5. The molecule has 4 heteroatoms. The largest absolute Gasteiger partial charge is 0.295 e. The van der Waals surface area contributed by atoms with Crippen LogP contribution in [0, 0.1) is 17.2 Å². The summed E-state index contributed by atoms with van der Waals surface area (Å²) in [5, 5.41) is 10.6. The van der Waals surface area contributed by atoms with Gasteiger partial charge in [-0.05, 0) is 31.6 Å². The van der Waals surface area contributed by atoms with Crippen LogP contribution in [0.25, 0.3) is 0 Å². The number of nitriles is 1. The predicted molar refractivity (Wildman–Crippen MR) is 96.5 cm³/mol. The van der Waals surface area contributed by atoms with Crippen LogP contribution in [0.2, 0.25) is 0 Å². The van der Waals surface area contributed by atoms with Gasteiger partial charge in [-0.25, -0.2) is 4.99 Å². The van der Waals surface area contributed by atoms with Crippen LogP contribution in [0.15, 0.2) is 46.6 Å². The maximum absolute atomic E-state index is 12.2. The number of aliphatic imine (C=N–C) groups is 1. The van der Waals surface area contributed by atoms with Gasteiger partial charge in [-0.15, -0.1) is 11.8 Å². The number of ketones is 1. The average molecular weight is 326 g/mol. The number of benzene rings is 1. The molecule has 3 nitrogen and oxygen atoms in total. The van der Waals surface area contributed by atoms with E-state index in [0.717, 1.165) is 34.9 Å². The number of hydrogen-bond donors (Lipinski definition) is 0. The summed E-state index contributed by atoms with van der Waals surface area (Å²) in [4.78, 5) is 16.8. The van der Waals surface area contributed by atoms with Crippen LogP contribution in [-0.4, -0.2) is 16.6 Å². The zero-order chi connectivity index (χ0) is 16.8. The van der Waals surface area contributed by atoms with Crippen molar-refractivity contribution in [2.24, 2.45) is 10.9 Å². The molecular formula is C19H22N2OS. The number of carbonyl (C=O) groups excluding carboxylic acids is 1. The molecular weight excluding hydrogens is 304 g/mol.